The molecule has 2 aliphatic carbocycles. The number of hydrogen-bond acceptors (Lipinski definition) is 0. The number of benzene rings is 2. The Kier molecular flexibility index (Phi) is 7.28. The third-order valence-corrected chi connectivity index (χ3v) is 12.7. The van der Waals surface area contributed by atoms with E-state index in [9.17, 15) is 0 Å². The van der Waals surface area contributed by atoms with Gasteiger partial charge in [-0.25, -0.2) is 0 Å². The van der Waals surface area contributed by atoms with Crippen molar-refractivity contribution in [3.8, 4) is 11.1 Å². The zero-order chi connectivity index (χ0) is 22.2. The maximum absolute atomic E-state index is 6.79. The molecular formula is C28H35Cl2Zr. The predicted molar refractivity (Wildman–Crippen MR) is 133 cm³/mol. The first-order chi connectivity index (χ1) is 14.7. The zero-order valence-electron chi connectivity index (χ0n) is 19.4. The van der Waals surface area contributed by atoms with E-state index in [-0.39, 0.29) is 5.41 Å². The molecule has 1 unspecified atom stereocenters. The Morgan fingerprint density at radius 3 is 2.16 bits per heavy atom. The van der Waals surface area contributed by atoms with E-state index in [1.54, 1.807) is 0 Å². The fourth-order valence-corrected chi connectivity index (χ4v) is 10.9. The summed E-state index contributed by atoms with van der Waals surface area (Å²) in [4.78, 5) is 0. The van der Waals surface area contributed by atoms with Gasteiger partial charge in [0.05, 0.1) is 0 Å². The Balaban J connectivity index is 1.71. The molecule has 0 nitrogen and oxygen atoms in total. The van der Waals surface area contributed by atoms with Crippen LogP contribution in [-0.2, 0) is 24.8 Å². The summed E-state index contributed by atoms with van der Waals surface area (Å²) in [5.41, 5.74) is 8.80. The topological polar surface area (TPSA) is 0 Å². The molecule has 2 aromatic rings. The summed E-state index contributed by atoms with van der Waals surface area (Å²) in [6.45, 7) is 9.30. The van der Waals surface area contributed by atoms with Crippen molar-refractivity contribution < 1.29 is 19.4 Å². The molecule has 0 spiro atoms. The molecule has 1 saturated carbocycles. The third kappa shape index (κ3) is 5.26. The first kappa shape index (κ1) is 23.8. The molecule has 0 aromatic heterocycles. The summed E-state index contributed by atoms with van der Waals surface area (Å²) in [6, 6.07) is 15.9. The fourth-order valence-electron chi connectivity index (χ4n) is 5.53. The first-order valence-corrected chi connectivity index (χ1v) is 19.6. The molecule has 0 amide bonds. The molecule has 2 aromatic carbocycles. The minimum absolute atomic E-state index is 0.169. The molecule has 0 bridgehead atoms. The van der Waals surface area contributed by atoms with Crippen molar-refractivity contribution in [2.24, 2.45) is 5.41 Å². The van der Waals surface area contributed by atoms with E-state index in [0.717, 1.165) is 6.42 Å². The van der Waals surface area contributed by atoms with Crippen LogP contribution in [0.1, 0.15) is 93.0 Å². The summed E-state index contributed by atoms with van der Waals surface area (Å²) in [5, 5.41) is 0. The van der Waals surface area contributed by atoms with Crippen molar-refractivity contribution in [1.82, 2.24) is 0 Å². The van der Waals surface area contributed by atoms with Gasteiger partial charge in [-0.2, -0.15) is 0 Å². The van der Waals surface area contributed by atoms with Crippen molar-refractivity contribution in [2.45, 2.75) is 81.7 Å². The number of hydrogen-bond donors (Lipinski definition) is 0. The average molecular weight is 534 g/mol. The molecule has 31 heavy (non-hydrogen) atoms. The number of fused-ring (bicyclic) bond motifs is 1. The molecule has 2 aliphatic rings. The van der Waals surface area contributed by atoms with Crippen molar-refractivity contribution in [2.75, 3.05) is 0 Å². The van der Waals surface area contributed by atoms with E-state index in [0.29, 0.717) is 9.04 Å². The molecule has 165 valence electrons. The molecular weight excluding hydrogens is 498 g/mol. The van der Waals surface area contributed by atoms with Gasteiger partial charge in [-0.15, -0.1) is 0 Å². The monoisotopic (exact) mass is 531 g/mol. The van der Waals surface area contributed by atoms with Gasteiger partial charge >= 0.3 is 205 Å². The Morgan fingerprint density at radius 1 is 0.935 bits per heavy atom. The average Bonchev–Trinajstić information content (AvgIpc) is 2.93. The van der Waals surface area contributed by atoms with Gasteiger partial charge < -0.3 is 0 Å². The van der Waals surface area contributed by atoms with Crippen LogP contribution < -0.4 is 0 Å². The van der Waals surface area contributed by atoms with Gasteiger partial charge in [0.1, 0.15) is 0 Å². The summed E-state index contributed by atoms with van der Waals surface area (Å²) in [6.07, 6.45) is 11.8. The quantitative estimate of drug-likeness (QED) is 0.343. The van der Waals surface area contributed by atoms with Crippen molar-refractivity contribution >= 4 is 23.1 Å². The number of halogens is 2. The summed E-state index contributed by atoms with van der Waals surface area (Å²) in [5.74, 6) is 0. The maximum atomic E-state index is 6.79. The van der Waals surface area contributed by atoms with E-state index in [4.69, 9.17) is 17.0 Å². The normalized spacial score (nSPS) is 20.7. The van der Waals surface area contributed by atoms with Crippen LogP contribution in [-0.4, -0.2) is 0 Å². The molecule has 0 heterocycles. The Bertz CT molecular complexity index is 942. The molecule has 3 heteroatoms. The van der Waals surface area contributed by atoms with E-state index in [1.165, 1.54) is 71.9 Å². The van der Waals surface area contributed by atoms with Crippen LogP contribution in [0.2, 0.25) is 0 Å². The van der Waals surface area contributed by atoms with Gasteiger partial charge in [-0.05, 0) is 0 Å². The second-order valence-electron chi connectivity index (χ2n) is 11.0. The van der Waals surface area contributed by atoms with Crippen LogP contribution in [0.5, 0.6) is 0 Å². The Morgan fingerprint density at radius 2 is 1.58 bits per heavy atom. The van der Waals surface area contributed by atoms with Crippen molar-refractivity contribution in [3.05, 3.63) is 64.7 Å². The van der Waals surface area contributed by atoms with Crippen LogP contribution in [0.25, 0.3) is 17.2 Å². The van der Waals surface area contributed by atoms with Crippen LogP contribution in [0.15, 0.2) is 48.0 Å². The zero-order valence-corrected chi connectivity index (χ0v) is 23.4. The van der Waals surface area contributed by atoms with Crippen molar-refractivity contribution in [1.29, 1.82) is 0 Å². The van der Waals surface area contributed by atoms with Gasteiger partial charge in [0.15, 0.2) is 0 Å². The van der Waals surface area contributed by atoms with Gasteiger partial charge in [-0.1, -0.05) is 0 Å². The van der Waals surface area contributed by atoms with Gasteiger partial charge in [0, 0.05) is 0 Å². The second-order valence-corrected chi connectivity index (χ2v) is 19.8. The molecule has 1 fully saturated rings. The number of rotatable bonds is 4. The van der Waals surface area contributed by atoms with Crippen LogP contribution in [0.3, 0.4) is 0 Å². The summed E-state index contributed by atoms with van der Waals surface area (Å²) in [7, 11) is 13.6. The molecule has 1 atom stereocenters. The van der Waals surface area contributed by atoms with Crippen LogP contribution in [0, 0.1) is 5.41 Å². The fraction of sp³-hybridized carbons (Fsp3) is 0.500. The second kappa shape index (κ2) is 9.48. The van der Waals surface area contributed by atoms with Gasteiger partial charge in [-0.3, -0.25) is 0 Å². The van der Waals surface area contributed by atoms with Gasteiger partial charge in [0.25, 0.3) is 0 Å². The third-order valence-electron chi connectivity index (χ3n) is 7.37. The molecule has 0 radical (unpaired) electrons. The van der Waals surface area contributed by atoms with Crippen LogP contribution in [0.4, 0.5) is 0 Å². The Hall–Kier alpha value is -0.357. The van der Waals surface area contributed by atoms with E-state index in [2.05, 4.69) is 76.2 Å². The van der Waals surface area contributed by atoms with E-state index in [1.807, 2.05) is 0 Å². The first-order valence-electron chi connectivity index (χ1n) is 11.8. The molecule has 0 N–H and O–H groups in total. The van der Waals surface area contributed by atoms with Crippen molar-refractivity contribution in [3.63, 3.8) is 0 Å². The minimum atomic E-state index is -2.52. The van der Waals surface area contributed by atoms with E-state index >= 15 is 0 Å². The Labute approximate surface area is 204 Å². The summed E-state index contributed by atoms with van der Waals surface area (Å²) >= 11 is -2.52. The van der Waals surface area contributed by atoms with Gasteiger partial charge in [0.2, 0.25) is 0 Å². The SMILES string of the molecule is CC1(CC2=Cc3c(-c4ccc(C(C)(C)C)cc4)cccc3[CH]2[Zr]([Cl])[Cl])CCCCCC1. The van der Waals surface area contributed by atoms with E-state index < -0.39 is 19.4 Å². The summed E-state index contributed by atoms with van der Waals surface area (Å²) < 4.78 is 0.301. The standard InChI is InChI=1S/C28H35.2ClH.Zr/c1-27(2,3)24-14-12-22(13-15-24)25-11-9-10-23-18-21(19-26(23)25)20-28(4)16-7-5-6-8-17-28;;;/h9-15,18-19H,5-8,16-17,20H2,1-4H3;2*1H;/q;;;+2/p-2. The molecule has 4 rings (SSSR count). The molecule has 0 aliphatic heterocycles. The number of allylic oxidation sites excluding steroid dienone is 1. The van der Waals surface area contributed by atoms with Crippen LogP contribution >= 0.6 is 17.0 Å². The molecule has 0 saturated heterocycles. The predicted octanol–water partition coefficient (Wildman–Crippen LogP) is 9.77.